The molecule has 0 N–H and O–H groups in total. The smallest absolute Gasteiger partial charge is 0.257 e. The van der Waals surface area contributed by atoms with Crippen molar-refractivity contribution in [3.8, 4) is 0 Å². The molecular formula is C12H16F2N2O. The summed E-state index contributed by atoms with van der Waals surface area (Å²) in [5, 5.41) is 0. The van der Waals surface area contributed by atoms with Gasteiger partial charge in [0.05, 0.1) is 5.56 Å². The van der Waals surface area contributed by atoms with Gasteiger partial charge in [-0.3, -0.25) is 4.79 Å². The molecular weight excluding hydrogens is 226 g/mol. The second kappa shape index (κ2) is 4.77. The van der Waals surface area contributed by atoms with E-state index in [4.69, 9.17) is 0 Å². The number of rotatable bonds is 3. The monoisotopic (exact) mass is 242 g/mol. The zero-order valence-corrected chi connectivity index (χ0v) is 10.4. The van der Waals surface area contributed by atoms with Crippen molar-refractivity contribution in [3.05, 3.63) is 29.6 Å². The first-order valence-electron chi connectivity index (χ1n) is 5.39. The van der Waals surface area contributed by atoms with Crippen molar-refractivity contribution in [1.29, 1.82) is 0 Å². The summed E-state index contributed by atoms with van der Waals surface area (Å²) < 4.78 is 26.3. The topological polar surface area (TPSA) is 33.2 Å². The van der Waals surface area contributed by atoms with Crippen molar-refractivity contribution in [1.82, 2.24) is 9.88 Å². The number of pyridine rings is 1. The van der Waals surface area contributed by atoms with Gasteiger partial charge < -0.3 is 4.90 Å². The summed E-state index contributed by atoms with van der Waals surface area (Å²) in [6.07, 6.45) is 1.79. The van der Waals surface area contributed by atoms with Crippen LogP contribution in [0, 0.1) is 11.8 Å². The molecule has 1 aromatic rings. The summed E-state index contributed by atoms with van der Waals surface area (Å²) in [5.74, 6) is -2.99. The van der Waals surface area contributed by atoms with Crippen molar-refractivity contribution in [3.63, 3.8) is 0 Å². The minimum absolute atomic E-state index is 0.290. The van der Waals surface area contributed by atoms with E-state index >= 15 is 0 Å². The van der Waals surface area contributed by atoms with Crippen LogP contribution in [-0.2, 0) is 0 Å². The Morgan fingerprint density at radius 3 is 2.59 bits per heavy atom. The van der Waals surface area contributed by atoms with Gasteiger partial charge >= 0.3 is 0 Å². The van der Waals surface area contributed by atoms with Gasteiger partial charge in [-0.2, -0.15) is 4.39 Å². The van der Waals surface area contributed by atoms with E-state index in [0.29, 0.717) is 6.42 Å². The predicted octanol–water partition coefficient (Wildman–Crippen LogP) is 2.62. The van der Waals surface area contributed by atoms with Crippen molar-refractivity contribution in [2.75, 3.05) is 7.05 Å². The lowest BCUT2D eigenvalue weighted by atomic mass is 9.99. The average molecular weight is 242 g/mol. The Labute approximate surface area is 99.5 Å². The molecule has 0 saturated heterocycles. The number of amides is 1. The molecule has 94 valence electrons. The van der Waals surface area contributed by atoms with Gasteiger partial charge in [-0.1, -0.05) is 6.92 Å². The van der Waals surface area contributed by atoms with Crippen molar-refractivity contribution in [2.24, 2.45) is 0 Å². The molecule has 0 aliphatic heterocycles. The van der Waals surface area contributed by atoms with Crippen molar-refractivity contribution >= 4 is 5.91 Å². The Kier molecular flexibility index (Phi) is 3.80. The molecule has 0 atom stereocenters. The minimum atomic E-state index is -1.25. The first-order valence-corrected chi connectivity index (χ1v) is 5.39. The van der Waals surface area contributed by atoms with Gasteiger partial charge in [-0.25, -0.2) is 9.37 Å². The number of carbonyl (C=O) groups excluding carboxylic acids is 1. The molecule has 1 rings (SSSR count). The largest absolute Gasteiger partial charge is 0.337 e. The van der Waals surface area contributed by atoms with Crippen LogP contribution < -0.4 is 0 Å². The lowest BCUT2D eigenvalue weighted by Crippen LogP contribution is -2.44. The lowest BCUT2D eigenvalue weighted by molar-refractivity contribution is 0.0614. The molecule has 0 aliphatic carbocycles. The summed E-state index contributed by atoms with van der Waals surface area (Å²) >= 11 is 0. The molecule has 3 nitrogen and oxygen atoms in total. The fourth-order valence-electron chi connectivity index (χ4n) is 1.28. The van der Waals surface area contributed by atoms with Gasteiger partial charge in [0.1, 0.15) is 0 Å². The molecule has 17 heavy (non-hydrogen) atoms. The molecule has 0 bridgehead atoms. The minimum Gasteiger partial charge on any atom is -0.337 e. The standard InChI is InChI=1S/C12H16F2N2O/c1-5-12(2,3)16(4)11(17)8-6-7-15-10(14)9(8)13/h6-7H,5H2,1-4H3. The van der Waals surface area contributed by atoms with E-state index < -0.39 is 23.2 Å². The number of nitrogens with zero attached hydrogens (tertiary/aromatic N) is 2. The van der Waals surface area contributed by atoms with Gasteiger partial charge in [0, 0.05) is 18.8 Å². The fourth-order valence-corrected chi connectivity index (χ4v) is 1.28. The zero-order chi connectivity index (χ0) is 13.2. The molecule has 0 fully saturated rings. The van der Waals surface area contributed by atoms with E-state index in [-0.39, 0.29) is 5.56 Å². The second-order valence-electron chi connectivity index (χ2n) is 4.49. The molecule has 0 aromatic carbocycles. The molecule has 1 amide bonds. The number of aromatic nitrogens is 1. The Hall–Kier alpha value is -1.52. The molecule has 1 aromatic heterocycles. The number of hydrogen-bond acceptors (Lipinski definition) is 2. The van der Waals surface area contributed by atoms with Crippen LogP contribution in [0.15, 0.2) is 12.3 Å². The molecule has 0 spiro atoms. The van der Waals surface area contributed by atoms with E-state index in [1.807, 2.05) is 20.8 Å². The Bertz CT molecular complexity index is 433. The van der Waals surface area contributed by atoms with E-state index in [1.54, 1.807) is 7.05 Å². The fraction of sp³-hybridized carbons (Fsp3) is 0.500. The van der Waals surface area contributed by atoms with Crippen molar-refractivity contribution < 1.29 is 13.6 Å². The maximum Gasteiger partial charge on any atom is 0.257 e. The summed E-state index contributed by atoms with van der Waals surface area (Å²) in [6.45, 7) is 5.65. The second-order valence-corrected chi connectivity index (χ2v) is 4.49. The Morgan fingerprint density at radius 2 is 2.06 bits per heavy atom. The molecule has 1 heterocycles. The van der Waals surface area contributed by atoms with E-state index in [0.717, 1.165) is 6.20 Å². The van der Waals surface area contributed by atoms with Gasteiger partial charge in [0.15, 0.2) is 5.82 Å². The highest BCUT2D eigenvalue weighted by atomic mass is 19.2. The third-order valence-electron chi connectivity index (χ3n) is 3.15. The normalized spacial score (nSPS) is 11.4. The van der Waals surface area contributed by atoms with E-state index in [2.05, 4.69) is 4.98 Å². The summed E-state index contributed by atoms with van der Waals surface area (Å²) in [7, 11) is 1.57. The number of halogens is 2. The van der Waals surface area contributed by atoms with E-state index in [1.165, 1.54) is 11.0 Å². The molecule has 0 saturated carbocycles. The first kappa shape index (κ1) is 13.5. The maximum absolute atomic E-state index is 13.4. The Balaban J connectivity index is 3.09. The summed E-state index contributed by atoms with van der Waals surface area (Å²) in [6, 6.07) is 1.18. The molecule has 0 radical (unpaired) electrons. The predicted molar refractivity (Wildman–Crippen MR) is 60.6 cm³/mol. The summed E-state index contributed by atoms with van der Waals surface area (Å²) in [4.78, 5) is 16.6. The highest BCUT2D eigenvalue weighted by molar-refractivity contribution is 5.94. The SMILES string of the molecule is CCC(C)(C)N(C)C(=O)c1ccnc(F)c1F. The quantitative estimate of drug-likeness (QED) is 0.763. The number of carbonyl (C=O) groups is 1. The van der Waals surface area contributed by atoms with Crippen LogP contribution in [0.5, 0.6) is 0 Å². The lowest BCUT2D eigenvalue weighted by Gasteiger charge is -2.34. The average Bonchev–Trinajstić information content (AvgIpc) is 2.30. The van der Waals surface area contributed by atoms with Gasteiger partial charge in [0.2, 0.25) is 5.95 Å². The third kappa shape index (κ3) is 2.60. The first-order chi connectivity index (χ1) is 7.81. The van der Waals surface area contributed by atoms with Gasteiger partial charge in [0.25, 0.3) is 5.91 Å². The third-order valence-corrected chi connectivity index (χ3v) is 3.15. The van der Waals surface area contributed by atoms with Crippen molar-refractivity contribution in [2.45, 2.75) is 32.7 Å². The van der Waals surface area contributed by atoms with E-state index in [9.17, 15) is 13.6 Å². The van der Waals surface area contributed by atoms with Crippen LogP contribution in [0.25, 0.3) is 0 Å². The van der Waals surface area contributed by atoms with Gasteiger partial charge in [-0.05, 0) is 26.3 Å². The number of hydrogen-bond donors (Lipinski definition) is 0. The zero-order valence-electron chi connectivity index (χ0n) is 10.4. The van der Waals surface area contributed by atoms with Gasteiger partial charge in [-0.15, -0.1) is 0 Å². The molecule has 0 unspecified atom stereocenters. The van der Waals surface area contributed by atoms with Crippen LogP contribution in [0.1, 0.15) is 37.6 Å². The summed E-state index contributed by atoms with van der Waals surface area (Å²) in [5.41, 5.74) is -0.704. The van der Waals surface area contributed by atoms with Crippen LogP contribution in [0.3, 0.4) is 0 Å². The van der Waals surface area contributed by atoms with Crippen LogP contribution in [-0.4, -0.2) is 28.4 Å². The highest BCUT2D eigenvalue weighted by Gasteiger charge is 2.28. The maximum atomic E-state index is 13.4. The molecule has 0 aliphatic rings. The van der Waals surface area contributed by atoms with Crippen LogP contribution in [0.2, 0.25) is 0 Å². The van der Waals surface area contributed by atoms with Crippen LogP contribution in [0.4, 0.5) is 8.78 Å². The molecule has 5 heteroatoms. The highest BCUT2D eigenvalue weighted by Crippen LogP contribution is 2.20. The van der Waals surface area contributed by atoms with Crippen LogP contribution >= 0.6 is 0 Å². The Morgan fingerprint density at radius 1 is 1.47 bits per heavy atom.